The van der Waals surface area contributed by atoms with Gasteiger partial charge in [0.15, 0.2) is 22.5 Å². The van der Waals surface area contributed by atoms with Crippen LogP contribution in [-0.2, 0) is 0 Å². The predicted molar refractivity (Wildman–Crippen MR) is 41.4 cm³/mol. The van der Waals surface area contributed by atoms with Crippen molar-refractivity contribution in [3.8, 4) is 5.75 Å². The van der Waals surface area contributed by atoms with E-state index >= 15 is 0 Å². The van der Waals surface area contributed by atoms with Gasteiger partial charge in [0.2, 0.25) is 0 Å². The van der Waals surface area contributed by atoms with E-state index in [1.807, 2.05) is 0 Å². The maximum Gasteiger partial charge on any atom is 0.179 e. The van der Waals surface area contributed by atoms with E-state index in [0.29, 0.717) is 11.3 Å². The number of halogens is 1. The van der Waals surface area contributed by atoms with E-state index in [-0.39, 0.29) is 0 Å². The standard InChI is InChI=1S/C7H5BrO2/c8-10-7-4-2-1-3-6(7)5-9/h1-5H. The molecule has 0 heterocycles. The van der Waals surface area contributed by atoms with E-state index in [1.54, 1.807) is 24.3 Å². The number of benzene rings is 1. The first-order chi connectivity index (χ1) is 4.88. The van der Waals surface area contributed by atoms with Gasteiger partial charge >= 0.3 is 0 Å². The summed E-state index contributed by atoms with van der Waals surface area (Å²) >= 11 is 2.79. The summed E-state index contributed by atoms with van der Waals surface area (Å²) < 4.78 is 4.72. The molecule has 0 amide bonds. The highest BCUT2D eigenvalue weighted by atomic mass is 79.9. The highest BCUT2D eigenvalue weighted by Gasteiger charge is 1.97. The molecule has 2 nitrogen and oxygen atoms in total. The molecular formula is C7H5BrO2. The third kappa shape index (κ3) is 1.36. The lowest BCUT2D eigenvalue weighted by molar-refractivity contribution is 0.112. The maximum absolute atomic E-state index is 10.3. The molecule has 0 fully saturated rings. The van der Waals surface area contributed by atoms with Gasteiger partial charge in [-0.25, -0.2) is 0 Å². The van der Waals surface area contributed by atoms with Crippen LogP contribution in [0.15, 0.2) is 24.3 Å². The number of carbonyl (C=O) groups is 1. The molecule has 0 saturated heterocycles. The van der Waals surface area contributed by atoms with Crippen LogP contribution >= 0.6 is 16.3 Å². The van der Waals surface area contributed by atoms with Crippen molar-refractivity contribution in [3.05, 3.63) is 29.8 Å². The van der Waals surface area contributed by atoms with Crippen molar-refractivity contribution in [3.63, 3.8) is 0 Å². The summed E-state index contributed by atoms with van der Waals surface area (Å²) in [5.74, 6) is 0.539. The SMILES string of the molecule is O=Cc1ccccc1OBr. The molecule has 0 saturated carbocycles. The van der Waals surface area contributed by atoms with Crippen molar-refractivity contribution in [2.75, 3.05) is 0 Å². The summed E-state index contributed by atoms with van der Waals surface area (Å²) in [4.78, 5) is 10.3. The molecule has 0 radical (unpaired) electrons. The van der Waals surface area contributed by atoms with Crippen LogP contribution in [0.25, 0.3) is 0 Å². The van der Waals surface area contributed by atoms with E-state index in [4.69, 9.17) is 3.83 Å². The lowest BCUT2D eigenvalue weighted by Gasteiger charge is -1.97. The monoisotopic (exact) mass is 200 g/mol. The molecule has 0 aliphatic carbocycles. The molecule has 10 heavy (non-hydrogen) atoms. The molecule has 1 aromatic carbocycles. The lowest BCUT2D eigenvalue weighted by Crippen LogP contribution is -1.83. The molecule has 1 aromatic rings. The molecule has 0 unspecified atom stereocenters. The second-order valence-electron chi connectivity index (χ2n) is 1.73. The van der Waals surface area contributed by atoms with E-state index in [0.717, 1.165) is 6.29 Å². The van der Waals surface area contributed by atoms with Gasteiger partial charge < -0.3 is 3.83 Å². The Hall–Kier alpha value is -0.830. The molecule has 0 aliphatic rings. The Morgan fingerprint density at radius 1 is 1.40 bits per heavy atom. The highest BCUT2D eigenvalue weighted by molar-refractivity contribution is 9.06. The zero-order chi connectivity index (χ0) is 7.40. The zero-order valence-corrected chi connectivity index (χ0v) is 6.67. The van der Waals surface area contributed by atoms with Crippen LogP contribution in [0.1, 0.15) is 10.4 Å². The van der Waals surface area contributed by atoms with E-state index < -0.39 is 0 Å². The lowest BCUT2D eigenvalue weighted by atomic mass is 10.2. The number of hydrogen-bond acceptors (Lipinski definition) is 2. The van der Waals surface area contributed by atoms with Gasteiger partial charge in [-0.1, -0.05) is 12.1 Å². The van der Waals surface area contributed by atoms with Crippen LogP contribution in [0.3, 0.4) is 0 Å². The summed E-state index contributed by atoms with van der Waals surface area (Å²) in [6.07, 6.45) is 0.747. The molecule has 0 N–H and O–H groups in total. The molecule has 1 rings (SSSR count). The van der Waals surface area contributed by atoms with Gasteiger partial charge in [0.05, 0.1) is 5.56 Å². The van der Waals surface area contributed by atoms with Gasteiger partial charge in [0.25, 0.3) is 0 Å². The smallest absolute Gasteiger partial charge is 0.179 e. The first-order valence-electron chi connectivity index (χ1n) is 2.71. The quantitative estimate of drug-likeness (QED) is 0.685. The van der Waals surface area contributed by atoms with Crippen LogP contribution in [0.5, 0.6) is 5.75 Å². The van der Waals surface area contributed by atoms with Gasteiger partial charge in [0, 0.05) is 0 Å². The Balaban J connectivity index is 3.08. The van der Waals surface area contributed by atoms with E-state index in [2.05, 4.69) is 16.3 Å². The summed E-state index contributed by atoms with van der Waals surface area (Å²) in [5.41, 5.74) is 0.541. The van der Waals surface area contributed by atoms with Crippen molar-refractivity contribution in [1.82, 2.24) is 0 Å². The minimum atomic E-state index is 0.539. The summed E-state index contributed by atoms with van der Waals surface area (Å²) in [6.45, 7) is 0. The number of para-hydroxylation sites is 1. The van der Waals surface area contributed by atoms with Gasteiger partial charge in [-0.15, -0.1) is 0 Å². The minimum Gasteiger partial charge on any atom is -0.417 e. The van der Waals surface area contributed by atoms with Gasteiger partial charge in [-0.3, -0.25) is 4.79 Å². The van der Waals surface area contributed by atoms with Crippen molar-refractivity contribution >= 4 is 22.5 Å². The first kappa shape index (κ1) is 7.28. The largest absolute Gasteiger partial charge is 0.417 e. The summed E-state index contributed by atoms with van der Waals surface area (Å²) in [5, 5.41) is 0. The Morgan fingerprint density at radius 2 is 2.10 bits per heavy atom. The van der Waals surface area contributed by atoms with Crippen molar-refractivity contribution in [2.24, 2.45) is 0 Å². The van der Waals surface area contributed by atoms with E-state index in [1.165, 1.54) is 0 Å². The van der Waals surface area contributed by atoms with Gasteiger partial charge in [-0.2, -0.15) is 0 Å². The fourth-order valence-corrected chi connectivity index (χ4v) is 0.943. The Bertz CT molecular complexity index is 235. The topological polar surface area (TPSA) is 26.3 Å². The molecule has 0 bridgehead atoms. The van der Waals surface area contributed by atoms with Crippen LogP contribution in [-0.4, -0.2) is 6.29 Å². The molecular weight excluding hydrogens is 196 g/mol. The third-order valence-electron chi connectivity index (χ3n) is 1.13. The van der Waals surface area contributed by atoms with Crippen molar-refractivity contribution in [1.29, 1.82) is 0 Å². The third-order valence-corrected chi connectivity index (χ3v) is 1.48. The fourth-order valence-electron chi connectivity index (χ4n) is 0.648. The number of rotatable bonds is 2. The Morgan fingerprint density at radius 3 is 2.60 bits per heavy atom. The second-order valence-corrected chi connectivity index (χ2v) is 2.06. The van der Waals surface area contributed by atoms with Gasteiger partial charge in [0.1, 0.15) is 5.75 Å². The molecule has 0 aromatic heterocycles. The normalized spacial score (nSPS) is 8.90. The first-order valence-corrected chi connectivity index (χ1v) is 3.36. The van der Waals surface area contributed by atoms with Crippen LogP contribution in [0.4, 0.5) is 0 Å². The average molecular weight is 201 g/mol. The molecule has 0 aliphatic heterocycles. The average Bonchev–Trinajstić information content (AvgIpc) is 2.04. The van der Waals surface area contributed by atoms with Crippen LogP contribution in [0, 0.1) is 0 Å². The Labute approximate surface area is 67.3 Å². The highest BCUT2D eigenvalue weighted by Crippen LogP contribution is 2.16. The number of aldehydes is 1. The number of carbonyl (C=O) groups excluding carboxylic acids is 1. The van der Waals surface area contributed by atoms with Gasteiger partial charge in [-0.05, 0) is 12.1 Å². The molecule has 52 valence electrons. The Kier molecular flexibility index (Phi) is 2.45. The molecule has 0 atom stereocenters. The number of hydrogen-bond donors (Lipinski definition) is 0. The molecule has 0 spiro atoms. The van der Waals surface area contributed by atoms with E-state index in [9.17, 15) is 4.79 Å². The zero-order valence-electron chi connectivity index (χ0n) is 5.08. The summed E-state index contributed by atoms with van der Waals surface area (Å²) in [7, 11) is 0. The maximum atomic E-state index is 10.3. The van der Waals surface area contributed by atoms with Crippen molar-refractivity contribution in [2.45, 2.75) is 0 Å². The second kappa shape index (κ2) is 3.37. The molecule has 3 heteroatoms. The fraction of sp³-hybridized carbons (Fsp3) is 0. The minimum absolute atomic E-state index is 0.539. The van der Waals surface area contributed by atoms with Crippen LogP contribution < -0.4 is 3.83 Å². The summed E-state index contributed by atoms with van der Waals surface area (Å²) in [6, 6.07) is 6.96. The van der Waals surface area contributed by atoms with Crippen LogP contribution in [0.2, 0.25) is 0 Å². The predicted octanol–water partition coefficient (Wildman–Crippen LogP) is 2.19. The van der Waals surface area contributed by atoms with Crippen molar-refractivity contribution < 1.29 is 8.62 Å².